The lowest BCUT2D eigenvalue weighted by Crippen LogP contribution is -2.50. The van der Waals surface area contributed by atoms with Crippen molar-refractivity contribution >= 4 is 33.8 Å². The minimum atomic E-state index is -0.00747. The molecule has 2 aromatic carbocycles. The molecule has 1 heterocycles. The van der Waals surface area contributed by atoms with Crippen LogP contribution in [0.3, 0.4) is 0 Å². The summed E-state index contributed by atoms with van der Waals surface area (Å²) in [5.74, 6) is 0.179. The van der Waals surface area contributed by atoms with Crippen molar-refractivity contribution in [2.45, 2.75) is 19.3 Å². The Balaban J connectivity index is 1.41. The monoisotopic (exact) mass is 440 g/mol. The maximum Gasteiger partial charge on any atom is 0.246 e. The number of piperazine rings is 1. The Hall–Kier alpha value is -2.40. The molecule has 4 nitrogen and oxygen atoms in total. The largest absolute Gasteiger partial charge is 0.339 e. The third-order valence-corrected chi connectivity index (χ3v) is 5.68. The molecule has 0 saturated carbocycles. The molecule has 146 valence electrons. The van der Waals surface area contributed by atoms with Crippen LogP contribution in [0.4, 0.5) is 0 Å². The Morgan fingerprint density at radius 2 is 1.54 bits per heavy atom. The van der Waals surface area contributed by atoms with Gasteiger partial charge < -0.3 is 9.80 Å². The Morgan fingerprint density at radius 3 is 2.25 bits per heavy atom. The molecule has 1 fully saturated rings. The van der Waals surface area contributed by atoms with Gasteiger partial charge in [-0.25, -0.2) is 0 Å². The van der Waals surface area contributed by atoms with Crippen LogP contribution in [0.5, 0.6) is 0 Å². The Bertz CT molecular complexity index is 828. The molecule has 1 saturated heterocycles. The fraction of sp³-hybridized carbons (Fsp3) is 0.304. The number of benzene rings is 2. The van der Waals surface area contributed by atoms with Crippen LogP contribution < -0.4 is 0 Å². The van der Waals surface area contributed by atoms with E-state index in [9.17, 15) is 9.59 Å². The van der Waals surface area contributed by atoms with Crippen molar-refractivity contribution in [3.8, 4) is 0 Å². The van der Waals surface area contributed by atoms with E-state index in [1.807, 2.05) is 53.4 Å². The number of hydrogen-bond donors (Lipinski definition) is 0. The molecule has 0 aliphatic carbocycles. The topological polar surface area (TPSA) is 40.6 Å². The number of halogens is 1. The summed E-state index contributed by atoms with van der Waals surface area (Å²) in [6.45, 7) is 2.39. The lowest BCUT2D eigenvalue weighted by Gasteiger charge is -2.34. The van der Waals surface area contributed by atoms with E-state index in [1.54, 1.807) is 11.0 Å². The second kappa shape index (κ2) is 10.2. The van der Waals surface area contributed by atoms with Crippen LogP contribution in [0.25, 0.3) is 6.08 Å². The first-order valence-electron chi connectivity index (χ1n) is 9.67. The molecule has 1 aliphatic rings. The molecule has 28 heavy (non-hydrogen) atoms. The maximum absolute atomic E-state index is 12.4. The van der Waals surface area contributed by atoms with E-state index < -0.39 is 0 Å². The van der Waals surface area contributed by atoms with Gasteiger partial charge in [-0.2, -0.15) is 0 Å². The zero-order chi connectivity index (χ0) is 19.8. The van der Waals surface area contributed by atoms with Crippen LogP contribution in [0.15, 0.2) is 65.1 Å². The van der Waals surface area contributed by atoms with Crippen LogP contribution in [-0.2, 0) is 16.0 Å². The molecule has 0 N–H and O–H groups in total. The third-order valence-electron chi connectivity index (χ3n) is 4.95. The summed E-state index contributed by atoms with van der Waals surface area (Å²) in [5.41, 5.74) is 2.24. The highest BCUT2D eigenvalue weighted by molar-refractivity contribution is 9.10. The highest BCUT2D eigenvalue weighted by Gasteiger charge is 2.22. The Kier molecular flexibility index (Phi) is 7.43. The van der Waals surface area contributed by atoms with Gasteiger partial charge in [0.05, 0.1) is 0 Å². The van der Waals surface area contributed by atoms with E-state index in [4.69, 9.17) is 0 Å². The zero-order valence-electron chi connectivity index (χ0n) is 15.9. The Morgan fingerprint density at radius 1 is 0.893 bits per heavy atom. The molecule has 0 aromatic heterocycles. The summed E-state index contributed by atoms with van der Waals surface area (Å²) in [7, 11) is 0. The number of carbonyl (C=O) groups is 2. The second-order valence-corrected chi connectivity index (χ2v) is 7.75. The van der Waals surface area contributed by atoms with Crippen molar-refractivity contribution < 1.29 is 9.59 Å². The standard InChI is InChI=1S/C23H25BrN2O2/c24-21-11-5-4-10-20(21)13-14-23(28)26-17-15-25(16-18-26)22(27)12-6-9-19-7-2-1-3-8-19/h1-5,7-8,10-11,13-14H,6,9,12,15-18H2/b14-13+. The molecule has 0 atom stereocenters. The molecule has 0 spiro atoms. The SMILES string of the molecule is O=C(/C=C/c1ccccc1Br)N1CCN(C(=O)CCCc2ccccc2)CC1. The number of carbonyl (C=O) groups excluding carboxylic acids is 2. The maximum atomic E-state index is 12.4. The first-order chi connectivity index (χ1) is 13.6. The molecule has 0 bridgehead atoms. The van der Waals surface area contributed by atoms with Gasteiger partial charge in [-0.05, 0) is 36.1 Å². The van der Waals surface area contributed by atoms with Crippen LogP contribution in [0, 0.1) is 0 Å². The first kappa shape index (κ1) is 20.3. The van der Waals surface area contributed by atoms with Crippen LogP contribution in [0.2, 0.25) is 0 Å². The van der Waals surface area contributed by atoms with Crippen molar-refractivity contribution in [1.29, 1.82) is 0 Å². The number of hydrogen-bond acceptors (Lipinski definition) is 2. The van der Waals surface area contributed by atoms with E-state index in [-0.39, 0.29) is 11.8 Å². The molecule has 2 amide bonds. The molecular formula is C23H25BrN2O2. The van der Waals surface area contributed by atoms with Crippen LogP contribution >= 0.6 is 15.9 Å². The fourth-order valence-corrected chi connectivity index (χ4v) is 3.72. The lowest BCUT2D eigenvalue weighted by atomic mass is 10.1. The van der Waals surface area contributed by atoms with Gasteiger partial charge in [0.2, 0.25) is 11.8 Å². The van der Waals surface area contributed by atoms with E-state index in [0.717, 1.165) is 22.9 Å². The normalized spacial score (nSPS) is 14.5. The van der Waals surface area contributed by atoms with E-state index in [1.165, 1.54) is 5.56 Å². The van der Waals surface area contributed by atoms with E-state index in [2.05, 4.69) is 28.1 Å². The molecule has 2 aromatic rings. The minimum Gasteiger partial charge on any atom is -0.339 e. The van der Waals surface area contributed by atoms with Crippen molar-refractivity contribution in [2.24, 2.45) is 0 Å². The highest BCUT2D eigenvalue weighted by Crippen LogP contribution is 2.17. The van der Waals surface area contributed by atoms with Crippen LogP contribution in [0.1, 0.15) is 24.0 Å². The van der Waals surface area contributed by atoms with Gasteiger partial charge in [0.1, 0.15) is 0 Å². The zero-order valence-corrected chi connectivity index (χ0v) is 17.5. The lowest BCUT2D eigenvalue weighted by molar-refractivity contribution is -0.137. The summed E-state index contributed by atoms with van der Waals surface area (Å²) in [6, 6.07) is 18.0. The summed E-state index contributed by atoms with van der Waals surface area (Å²) in [4.78, 5) is 28.5. The van der Waals surface area contributed by atoms with Gasteiger partial charge in [-0.15, -0.1) is 0 Å². The fourth-order valence-electron chi connectivity index (χ4n) is 3.30. The predicted octanol–water partition coefficient (Wildman–Crippen LogP) is 4.16. The quantitative estimate of drug-likeness (QED) is 0.632. The highest BCUT2D eigenvalue weighted by atomic mass is 79.9. The molecule has 1 aliphatic heterocycles. The second-order valence-electron chi connectivity index (χ2n) is 6.90. The van der Waals surface area contributed by atoms with Crippen molar-refractivity contribution in [1.82, 2.24) is 9.80 Å². The molecule has 0 unspecified atom stereocenters. The summed E-state index contributed by atoms with van der Waals surface area (Å²) >= 11 is 3.48. The summed E-state index contributed by atoms with van der Waals surface area (Å²) in [5, 5.41) is 0. The van der Waals surface area contributed by atoms with Crippen molar-refractivity contribution in [2.75, 3.05) is 26.2 Å². The van der Waals surface area contributed by atoms with Gasteiger partial charge in [0.25, 0.3) is 0 Å². The van der Waals surface area contributed by atoms with Gasteiger partial charge in [-0.3, -0.25) is 9.59 Å². The van der Waals surface area contributed by atoms with E-state index >= 15 is 0 Å². The molecule has 0 radical (unpaired) electrons. The predicted molar refractivity (Wildman–Crippen MR) is 116 cm³/mol. The van der Waals surface area contributed by atoms with Crippen LogP contribution in [-0.4, -0.2) is 47.8 Å². The molecule has 3 rings (SSSR count). The van der Waals surface area contributed by atoms with Gasteiger partial charge in [-0.1, -0.05) is 64.5 Å². The molecule has 5 heteroatoms. The number of rotatable bonds is 6. The average molecular weight is 441 g/mol. The van der Waals surface area contributed by atoms with Gasteiger partial charge in [0.15, 0.2) is 0 Å². The molecular weight excluding hydrogens is 416 g/mol. The van der Waals surface area contributed by atoms with Crippen molar-refractivity contribution in [3.05, 3.63) is 76.3 Å². The minimum absolute atomic E-state index is 0.00747. The average Bonchev–Trinajstić information content (AvgIpc) is 2.74. The number of aryl methyl sites for hydroxylation is 1. The van der Waals surface area contributed by atoms with Gasteiger partial charge in [0, 0.05) is 43.1 Å². The smallest absolute Gasteiger partial charge is 0.246 e. The first-order valence-corrected chi connectivity index (χ1v) is 10.5. The number of amides is 2. The third kappa shape index (κ3) is 5.80. The van der Waals surface area contributed by atoms with Gasteiger partial charge >= 0.3 is 0 Å². The Labute approximate surface area is 175 Å². The number of nitrogens with zero attached hydrogens (tertiary/aromatic N) is 2. The summed E-state index contributed by atoms with van der Waals surface area (Å²) in [6.07, 6.45) is 5.78. The van der Waals surface area contributed by atoms with Crippen molar-refractivity contribution in [3.63, 3.8) is 0 Å². The summed E-state index contributed by atoms with van der Waals surface area (Å²) < 4.78 is 0.963. The van der Waals surface area contributed by atoms with E-state index in [0.29, 0.717) is 32.6 Å².